The summed E-state index contributed by atoms with van der Waals surface area (Å²) >= 11 is 2.01. The molecule has 1 aromatic rings. The van der Waals surface area contributed by atoms with Gasteiger partial charge in [0.15, 0.2) is 3.77 Å². The highest BCUT2D eigenvalue weighted by atomic mass is 127. The Bertz CT molecular complexity index is 415. The van der Waals surface area contributed by atoms with Gasteiger partial charge < -0.3 is 9.73 Å². The SMILES string of the molecule is CNC(=O)/C(C#N)=C\c1ccc(I)o1. The van der Waals surface area contributed by atoms with Gasteiger partial charge >= 0.3 is 0 Å². The van der Waals surface area contributed by atoms with E-state index in [0.29, 0.717) is 9.53 Å². The van der Waals surface area contributed by atoms with Gasteiger partial charge in [-0.2, -0.15) is 5.26 Å². The molecule has 0 saturated heterocycles. The summed E-state index contributed by atoms with van der Waals surface area (Å²) in [5.74, 6) is 0.0773. The first-order valence-corrected chi connectivity index (χ1v) is 4.84. The van der Waals surface area contributed by atoms with Crippen LogP contribution < -0.4 is 5.32 Å². The predicted octanol–water partition coefficient (Wildman–Crippen LogP) is 1.54. The lowest BCUT2D eigenvalue weighted by Crippen LogP contribution is -2.18. The van der Waals surface area contributed by atoms with Gasteiger partial charge in [-0.25, -0.2) is 0 Å². The first kappa shape index (κ1) is 10.8. The lowest BCUT2D eigenvalue weighted by molar-refractivity contribution is -0.116. The fourth-order valence-corrected chi connectivity index (χ4v) is 1.27. The van der Waals surface area contributed by atoms with Gasteiger partial charge in [0.1, 0.15) is 17.4 Å². The van der Waals surface area contributed by atoms with E-state index in [0.717, 1.165) is 0 Å². The zero-order chi connectivity index (χ0) is 10.6. The van der Waals surface area contributed by atoms with Gasteiger partial charge in [0, 0.05) is 13.1 Å². The Hall–Kier alpha value is -1.29. The van der Waals surface area contributed by atoms with E-state index in [1.54, 1.807) is 18.2 Å². The van der Waals surface area contributed by atoms with Crippen molar-refractivity contribution in [1.29, 1.82) is 5.26 Å². The molecule has 4 nitrogen and oxygen atoms in total. The van der Waals surface area contributed by atoms with Crippen LogP contribution in [-0.4, -0.2) is 13.0 Å². The van der Waals surface area contributed by atoms with Gasteiger partial charge in [0.2, 0.25) is 0 Å². The summed E-state index contributed by atoms with van der Waals surface area (Å²) in [5, 5.41) is 11.0. The van der Waals surface area contributed by atoms with Crippen LogP contribution in [-0.2, 0) is 4.79 Å². The molecular formula is C9H7IN2O2. The van der Waals surface area contributed by atoms with Crippen molar-refractivity contribution in [2.75, 3.05) is 7.05 Å². The van der Waals surface area contributed by atoms with Crippen molar-refractivity contribution in [3.8, 4) is 6.07 Å². The van der Waals surface area contributed by atoms with Crippen LogP contribution in [0.15, 0.2) is 22.1 Å². The first-order chi connectivity index (χ1) is 6.67. The Balaban J connectivity index is 2.96. The third-order valence-electron chi connectivity index (χ3n) is 1.47. The van der Waals surface area contributed by atoms with E-state index in [-0.39, 0.29) is 5.57 Å². The zero-order valence-corrected chi connectivity index (χ0v) is 9.53. The summed E-state index contributed by atoms with van der Waals surface area (Å²) in [6, 6.07) is 5.25. The van der Waals surface area contributed by atoms with Crippen LogP contribution >= 0.6 is 22.6 Å². The molecule has 0 radical (unpaired) electrons. The number of halogens is 1. The van der Waals surface area contributed by atoms with Crippen LogP contribution in [0.4, 0.5) is 0 Å². The summed E-state index contributed by atoms with van der Waals surface area (Å²) in [4.78, 5) is 11.1. The molecule has 1 heterocycles. The highest BCUT2D eigenvalue weighted by molar-refractivity contribution is 14.1. The van der Waals surface area contributed by atoms with E-state index in [2.05, 4.69) is 5.32 Å². The van der Waals surface area contributed by atoms with Crippen molar-refractivity contribution in [3.63, 3.8) is 0 Å². The van der Waals surface area contributed by atoms with E-state index in [1.807, 2.05) is 22.6 Å². The average Bonchev–Trinajstić information content (AvgIpc) is 2.59. The number of furan rings is 1. The van der Waals surface area contributed by atoms with Crippen molar-refractivity contribution in [2.45, 2.75) is 0 Å². The maximum atomic E-state index is 11.1. The Labute approximate surface area is 94.7 Å². The van der Waals surface area contributed by atoms with Gasteiger partial charge in [-0.1, -0.05) is 0 Å². The summed E-state index contributed by atoms with van der Waals surface area (Å²) in [6.45, 7) is 0. The van der Waals surface area contributed by atoms with Crippen molar-refractivity contribution < 1.29 is 9.21 Å². The Morgan fingerprint density at radius 1 is 1.71 bits per heavy atom. The number of hydrogen-bond acceptors (Lipinski definition) is 3. The molecule has 0 aliphatic rings. The van der Waals surface area contributed by atoms with E-state index in [1.165, 1.54) is 13.1 Å². The number of nitrogens with zero attached hydrogens (tertiary/aromatic N) is 1. The topological polar surface area (TPSA) is 66.0 Å². The standard InChI is InChI=1S/C9H7IN2O2/c1-12-9(13)6(5-11)4-7-2-3-8(10)14-7/h2-4H,1H3,(H,12,13)/b6-4-. The predicted molar refractivity (Wildman–Crippen MR) is 59.1 cm³/mol. The Kier molecular flexibility index (Phi) is 3.71. The first-order valence-electron chi connectivity index (χ1n) is 3.76. The van der Waals surface area contributed by atoms with Crippen molar-refractivity contribution in [1.82, 2.24) is 5.32 Å². The normalized spacial score (nSPS) is 10.8. The molecule has 0 aromatic carbocycles. The number of carbonyl (C=O) groups excluding carboxylic acids is 1. The van der Waals surface area contributed by atoms with E-state index in [9.17, 15) is 4.79 Å². The van der Waals surface area contributed by atoms with Crippen molar-refractivity contribution >= 4 is 34.6 Å². The lowest BCUT2D eigenvalue weighted by atomic mass is 10.2. The second-order valence-electron chi connectivity index (χ2n) is 2.39. The molecule has 0 aliphatic carbocycles. The number of hydrogen-bond donors (Lipinski definition) is 1. The van der Waals surface area contributed by atoms with E-state index < -0.39 is 5.91 Å². The minimum atomic E-state index is -0.418. The summed E-state index contributed by atoms with van der Waals surface area (Å²) in [5.41, 5.74) is 0.0262. The molecular weight excluding hydrogens is 295 g/mol. The fraction of sp³-hybridized carbons (Fsp3) is 0.111. The van der Waals surface area contributed by atoms with Crippen LogP contribution in [0.3, 0.4) is 0 Å². The Morgan fingerprint density at radius 3 is 2.86 bits per heavy atom. The molecule has 0 saturated carbocycles. The summed E-state index contributed by atoms with van der Waals surface area (Å²) < 4.78 is 5.90. The van der Waals surface area contributed by atoms with Crippen LogP contribution in [0.2, 0.25) is 0 Å². The monoisotopic (exact) mass is 302 g/mol. The number of nitrogens with one attached hydrogen (secondary N) is 1. The highest BCUT2D eigenvalue weighted by Crippen LogP contribution is 2.13. The molecule has 0 unspecified atom stereocenters. The molecule has 0 atom stereocenters. The van der Waals surface area contributed by atoms with Gasteiger partial charge in [-0.3, -0.25) is 4.79 Å². The smallest absolute Gasteiger partial charge is 0.261 e. The Morgan fingerprint density at radius 2 is 2.43 bits per heavy atom. The van der Waals surface area contributed by atoms with Gasteiger partial charge in [-0.05, 0) is 34.7 Å². The number of likely N-dealkylation sites (N-methyl/N-ethyl adjacent to an activating group) is 1. The second-order valence-corrected chi connectivity index (χ2v) is 3.45. The molecule has 1 aromatic heterocycles. The van der Waals surface area contributed by atoms with Crippen LogP contribution in [0.25, 0.3) is 6.08 Å². The number of carbonyl (C=O) groups is 1. The van der Waals surface area contributed by atoms with Crippen molar-refractivity contribution in [3.05, 3.63) is 27.2 Å². The number of rotatable bonds is 2. The largest absolute Gasteiger partial charge is 0.451 e. The van der Waals surface area contributed by atoms with Crippen LogP contribution in [0, 0.1) is 15.1 Å². The van der Waals surface area contributed by atoms with Gasteiger partial charge in [0.25, 0.3) is 5.91 Å². The number of amides is 1. The molecule has 1 rings (SSSR count). The second kappa shape index (κ2) is 4.81. The molecule has 0 bridgehead atoms. The molecule has 72 valence electrons. The lowest BCUT2D eigenvalue weighted by Gasteiger charge is -1.94. The minimum absolute atomic E-state index is 0.0262. The molecule has 0 spiro atoms. The third kappa shape index (κ3) is 2.60. The number of nitriles is 1. The van der Waals surface area contributed by atoms with Crippen LogP contribution in [0.1, 0.15) is 5.76 Å². The maximum Gasteiger partial charge on any atom is 0.261 e. The molecule has 14 heavy (non-hydrogen) atoms. The van der Waals surface area contributed by atoms with E-state index in [4.69, 9.17) is 9.68 Å². The minimum Gasteiger partial charge on any atom is -0.451 e. The third-order valence-corrected chi connectivity index (χ3v) is 2.05. The average molecular weight is 302 g/mol. The molecule has 1 amide bonds. The molecule has 5 heteroatoms. The van der Waals surface area contributed by atoms with Gasteiger partial charge in [-0.15, -0.1) is 0 Å². The highest BCUT2D eigenvalue weighted by Gasteiger charge is 2.07. The summed E-state index contributed by atoms with van der Waals surface area (Å²) in [7, 11) is 1.47. The zero-order valence-electron chi connectivity index (χ0n) is 7.37. The van der Waals surface area contributed by atoms with Crippen molar-refractivity contribution in [2.24, 2.45) is 0 Å². The van der Waals surface area contributed by atoms with E-state index >= 15 is 0 Å². The maximum absolute atomic E-state index is 11.1. The fourth-order valence-electron chi connectivity index (χ4n) is 0.831. The van der Waals surface area contributed by atoms with Crippen LogP contribution in [0.5, 0.6) is 0 Å². The van der Waals surface area contributed by atoms with Gasteiger partial charge in [0.05, 0.1) is 0 Å². The molecule has 0 fully saturated rings. The summed E-state index contributed by atoms with van der Waals surface area (Å²) in [6.07, 6.45) is 1.40. The quantitative estimate of drug-likeness (QED) is 0.512. The molecule has 0 aliphatic heterocycles. The molecule has 1 N–H and O–H groups in total.